The van der Waals surface area contributed by atoms with Gasteiger partial charge < -0.3 is 19.0 Å². The minimum atomic E-state index is -0.312. The zero-order chi connectivity index (χ0) is 34.6. The van der Waals surface area contributed by atoms with Crippen molar-refractivity contribution in [2.75, 3.05) is 9.80 Å². The van der Waals surface area contributed by atoms with Gasteiger partial charge in [-0.05, 0) is 103 Å². The van der Waals surface area contributed by atoms with Crippen LogP contribution >= 0.6 is 11.8 Å². The summed E-state index contributed by atoms with van der Waals surface area (Å²) in [7, 11) is 0. The van der Waals surface area contributed by atoms with E-state index in [0.29, 0.717) is 5.92 Å². The number of nitrogens with zero attached hydrogens (tertiary/aromatic N) is 2. The molecule has 0 bridgehead atoms. The first-order valence-electron chi connectivity index (χ1n) is 18.5. The second-order valence-electron chi connectivity index (χ2n) is 15.5. The highest BCUT2D eigenvalue weighted by Crippen LogP contribution is 2.58. The number of fused-ring (bicyclic) bond motifs is 8. The van der Waals surface area contributed by atoms with Crippen molar-refractivity contribution < 1.29 is 9.15 Å². The van der Waals surface area contributed by atoms with Crippen molar-refractivity contribution in [1.82, 2.24) is 0 Å². The van der Waals surface area contributed by atoms with Crippen LogP contribution in [0.1, 0.15) is 37.0 Å². The van der Waals surface area contributed by atoms with E-state index in [1.807, 2.05) is 11.8 Å². The number of furan rings is 1. The Bertz CT molecular complexity index is 2760. The van der Waals surface area contributed by atoms with Gasteiger partial charge >= 0.3 is 0 Å². The highest BCUT2D eigenvalue weighted by Gasteiger charge is 2.54. The normalized spacial score (nSPS) is 22.5. The molecule has 250 valence electrons. The zero-order valence-electron chi connectivity index (χ0n) is 29.5. The van der Waals surface area contributed by atoms with Crippen LogP contribution in [0.2, 0.25) is 0 Å². The van der Waals surface area contributed by atoms with Crippen LogP contribution in [0.25, 0.3) is 21.9 Å². The molecule has 4 aliphatic heterocycles. The average molecular weight is 691 g/mol. The molecule has 1 aromatic heterocycles. The first-order valence-corrected chi connectivity index (χ1v) is 19.3. The van der Waals surface area contributed by atoms with Gasteiger partial charge in [0.2, 0.25) is 0 Å². The van der Waals surface area contributed by atoms with E-state index < -0.39 is 0 Å². The van der Waals surface area contributed by atoms with Gasteiger partial charge in [0, 0.05) is 43.5 Å². The van der Waals surface area contributed by atoms with Crippen molar-refractivity contribution in [2.45, 2.75) is 55.4 Å². The molecule has 0 spiro atoms. The van der Waals surface area contributed by atoms with Gasteiger partial charge in [-0.15, -0.1) is 0 Å². The lowest BCUT2D eigenvalue weighted by Crippen LogP contribution is -2.64. The Hall–Kier alpha value is -5.33. The summed E-state index contributed by atoms with van der Waals surface area (Å²) in [6.45, 7) is 9.33. The summed E-state index contributed by atoms with van der Waals surface area (Å²) in [6, 6.07) is 26.7. The lowest BCUT2D eigenvalue weighted by atomic mass is 9.32. The Morgan fingerprint density at radius 3 is 2.38 bits per heavy atom. The molecular weight excluding hydrogens is 655 g/mol. The zero-order valence-corrected chi connectivity index (χ0v) is 30.3. The third kappa shape index (κ3) is 3.52. The maximum Gasteiger partial charge on any atom is 0.255 e. The number of allylic oxidation sites excluding steroid dienone is 5. The van der Waals surface area contributed by atoms with Crippen LogP contribution in [0, 0.1) is 19.8 Å². The molecule has 6 aromatic rings. The first kappa shape index (κ1) is 29.3. The molecular formula is C46H35BN2O2S. The second kappa shape index (κ2) is 9.96. The van der Waals surface area contributed by atoms with Crippen molar-refractivity contribution in [3.63, 3.8) is 0 Å². The highest BCUT2D eigenvalue weighted by molar-refractivity contribution is 8.00. The van der Waals surface area contributed by atoms with E-state index in [9.17, 15) is 0 Å². The number of benzene rings is 5. The van der Waals surface area contributed by atoms with Gasteiger partial charge in [0.25, 0.3) is 6.71 Å². The lowest BCUT2D eigenvalue weighted by molar-refractivity contribution is 0.228. The maximum absolute atomic E-state index is 6.92. The smallest absolute Gasteiger partial charge is 0.255 e. The Morgan fingerprint density at radius 2 is 1.56 bits per heavy atom. The van der Waals surface area contributed by atoms with E-state index in [0.717, 1.165) is 28.7 Å². The fourth-order valence-corrected chi connectivity index (χ4v) is 11.4. The minimum Gasteiger partial charge on any atom is -0.485 e. The number of rotatable bonds is 2. The SMILES string of the molecule is Cc1cc(C)c2c3c1N(C1=CCC(C)C=C1)c1c4c(cc5oc6ccccc6c15)Sc1cc5c(c(c1B34)N2c1ccccc1)C1(C)C=CC=CC1O5. The number of para-hydroxylation sites is 2. The lowest BCUT2D eigenvalue weighted by Gasteiger charge is -2.49. The fraction of sp³-hybridized carbons (Fsp3) is 0.174. The molecule has 5 aromatic carbocycles. The number of aryl methyl sites for hydroxylation is 2. The number of ether oxygens (including phenoxy) is 1. The Labute approximate surface area is 307 Å². The van der Waals surface area contributed by atoms with Gasteiger partial charge in [-0.1, -0.05) is 91.5 Å². The summed E-state index contributed by atoms with van der Waals surface area (Å²) in [4.78, 5) is 7.73. The molecule has 0 fully saturated rings. The molecule has 0 N–H and O–H groups in total. The molecule has 0 amide bonds. The number of hydrogen-bond acceptors (Lipinski definition) is 5. The van der Waals surface area contributed by atoms with E-state index in [1.165, 1.54) is 82.4 Å². The van der Waals surface area contributed by atoms with Crippen LogP contribution in [0.3, 0.4) is 0 Å². The van der Waals surface area contributed by atoms with E-state index in [-0.39, 0.29) is 18.2 Å². The predicted octanol–water partition coefficient (Wildman–Crippen LogP) is 10.0. The van der Waals surface area contributed by atoms with E-state index in [4.69, 9.17) is 9.15 Å². The molecule has 0 radical (unpaired) electrons. The molecule has 6 aliphatic rings. The highest BCUT2D eigenvalue weighted by atomic mass is 32.2. The van der Waals surface area contributed by atoms with Gasteiger partial charge in [0.05, 0.1) is 22.2 Å². The van der Waals surface area contributed by atoms with E-state index in [1.54, 1.807) is 0 Å². The molecule has 4 nitrogen and oxygen atoms in total. The van der Waals surface area contributed by atoms with Crippen LogP contribution in [0.4, 0.5) is 28.4 Å². The Morgan fingerprint density at radius 1 is 0.788 bits per heavy atom. The third-order valence-corrected chi connectivity index (χ3v) is 13.5. The summed E-state index contributed by atoms with van der Waals surface area (Å²) in [5, 5.41) is 2.36. The fourth-order valence-electron chi connectivity index (χ4n) is 10.2. The number of anilines is 5. The summed E-state index contributed by atoms with van der Waals surface area (Å²) in [5.41, 5.74) is 17.1. The van der Waals surface area contributed by atoms with Gasteiger partial charge in [0.15, 0.2) is 0 Å². The van der Waals surface area contributed by atoms with E-state index >= 15 is 0 Å². The molecule has 52 heavy (non-hydrogen) atoms. The first-order chi connectivity index (χ1) is 25.4. The predicted molar refractivity (Wildman–Crippen MR) is 216 cm³/mol. The van der Waals surface area contributed by atoms with Crippen molar-refractivity contribution in [2.24, 2.45) is 5.92 Å². The van der Waals surface area contributed by atoms with Crippen LogP contribution in [-0.4, -0.2) is 12.8 Å². The monoisotopic (exact) mass is 690 g/mol. The van der Waals surface area contributed by atoms with Gasteiger partial charge in [-0.2, -0.15) is 0 Å². The molecule has 12 rings (SSSR count). The molecule has 0 saturated heterocycles. The van der Waals surface area contributed by atoms with Gasteiger partial charge in [0.1, 0.15) is 23.0 Å². The Kier molecular flexibility index (Phi) is 5.61. The van der Waals surface area contributed by atoms with E-state index in [2.05, 4.69) is 153 Å². The van der Waals surface area contributed by atoms with Crippen molar-refractivity contribution in [3.8, 4) is 5.75 Å². The van der Waals surface area contributed by atoms with Crippen molar-refractivity contribution in [1.29, 1.82) is 0 Å². The third-order valence-electron chi connectivity index (χ3n) is 12.4. The maximum atomic E-state index is 6.92. The Balaban J connectivity index is 1.29. The number of hydrogen-bond donors (Lipinski definition) is 0. The quantitative estimate of drug-likeness (QED) is 0.169. The molecule has 3 unspecified atom stereocenters. The van der Waals surface area contributed by atoms with Gasteiger partial charge in [-0.25, -0.2) is 0 Å². The van der Waals surface area contributed by atoms with Crippen molar-refractivity contribution >= 4 is 85.2 Å². The summed E-state index contributed by atoms with van der Waals surface area (Å²) < 4.78 is 13.7. The topological polar surface area (TPSA) is 28.9 Å². The van der Waals surface area contributed by atoms with Crippen LogP contribution in [0.15, 0.2) is 135 Å². The molecule has 5 heterocycles. The molecule has 2 aliphatic carbocycles. The summed E-state index contributed by atoms with van der Waals surface area (Å²) in [6.07, 6.45) is 17.1. The molecule has 6 heteroatoms. The molecule has 3 atom stereocenters. The standard InChI is InChI=1S/C46H35BN2O2S/c1-25-17-19-29(20-18-25)48-42-26(2)22-27(3)43-41(42)47-39-34(23-32-37(44(39)48)30-14-8-9-15-31(30)50-32)52-35-24-33-38(46(4)21-11-10-16-36(46)51-33)45(40(35)47)49(43)28-12-6-5-7-13-28/h5-17,19-25,36H,18H2,1-4H3. The van der Waals surface area contributed by atoms with Crippen LogP contribution in [0.5, 0.6) is 5.75 Å². The minimum absolute atomic E-state index is 0.0391. The largest absolute Gasteiger partial charge is 0.485 e. The van der Waals surface area contributed by atoms with Crippen LogP contribution < -0.4 is 30.9 Å². The average Bonchev–Trinajstić information content (AvgIpc) is 3.67. The molecule has 0 saturated carbocycles. The van der Waals surface area contributed by atoms with Crippen LogP contribution in [-0.2, 0) is 5.41 Å². The summed E-state index contributed by atoms with van der Waals surface area (Å²) in [5.74, 6) is 1.49. The second-order valence-corrected chi connectivity index (χ2v) is 16.6. The summed E-state index contributed by atoms with van der Waals surface area (Å²) >= 11 is 1.88. The van der Waals surface area contributed by atoms with Crippen molar-refractivity contribution in [3.05, 3.63) is 138 Å². The van der Waals surface area contributed by atoms with Gasteiger partial charge in [-0.3, -0.25) is 0 Å².